The molecule has 0 aliphatic carbocycles. The van der Waals surface area contributed by atoms with Crippen LogP contribution in [0.4, 0.5) is 5.69 Å². The lowest BCUT2D eigenvalue weighted by Gasteiger charge is -2.14. The molecular formula is C29H44N2O8. The molecule has 39 heavy (non-hydrogen) atoms. The summed E-state index contributed by atoms with van der Waals surface area (Å²) in [5.74, 6) is -1.73. The predicted octanol–water partition coefficient (Wildman–Crippen LogP) is 4.16. The Balaban J connectivity index is 0.000000632. The molecule has 0 bridgehead atoms. The monoisotopic (exact) mass is 548 g/mol. The lowest BCUT2D eigenvalue weighted by molar-refractivity contribution is -0.142. The van der Waals surface area contributed by atoms with Crippen LogP contribution in [0.25, 0.3) is 0 Å². The lowest BCUT2D eigenvalue weighted by atomic mass is 10.0. The fraction of sp³-hybridized carbons (Fsp3) is 0.517. The van der Waals surface area contributed by atoms with Crippen LogP contribution in [0.5, 0.6) is 0 Å². The maximum Gasteiger partial charge on any atom is 0.333 e. The fourth-order valence-corrected chi connectivity index (χ4v) is 2.88. The molecule has 1 aliphatic rings. The van der Waals surface area contributed by atoms with Crippen molar-refractivity contribution in [2.24, 2.45) is 5.92 Å². The van der Waals surface area contributed by atoms with E-state index in [0.717, 1.165) is 26.1 Å². The highest BCUT2D eigenvalue weighted by Gasteiger charge is 2.39. The number of nitrogens with zero attached hydrogens (tertiary/aromatic N) is 1. The highest BCUT2D eigenvalue weighted by Crippen LogP contribution is 2.22. The first kappa shape index (κ1) is 35.5. The van der Waals surface area contributed by atoms with Gasteiger partial charge >= 0.3 is 11.9 Å². The van der Waals surface area contributed by atoms with Crippen LogP contribution in [0.1, 0.15) is 53.9 Å². The van der Waals surface area contributed by atoms with Gasteiger partial charge in [0, 0.05) is 24.4 Å². The van der Waals surface area contributed by atoms with Crippen LogP contribution in [0.3, 0.4) is 0 Å². The number of esters is 2. The third kappa shape index (κ3) is 15.5. The summed E-state index contributed by atoms with van der Waals surface area (Å²) in [6.45, 7) is 18.5. The van der Waals surface area contributed by atoms with Crippen LogP contribution in [0.2, 0.25) is 0 Å². The number of ether oxygens (including phenoxy) is 4. The molecule has 2 amide bonds. The third-order valence-electron chi connectivity index (χ3n) is 4.94. The van der Waals surface area contributed by atoms with E-state index in [1.165, 1.54) is 5.01 Å². The first-order valence-corrected chi connectivity index (χ1v) is 13.1. The molecule has 1 heterocycles. The number of hydrazine groups is 1. The SMILES string of the molecule is C=C(C)C(=O)OCCOCCOC(=O)C(=C)C.CCCCC1C(=O)NN(c2ccccc2)C1=O.CCOCC. The van der Waals surface area contributed by atoms with Gasteiger partial charge in [0.1, 0.15) is 19.1 Å². The van der Waals surface area contributed by atoms with Crippen molar-refractivity contribution in [3.8, 4) is 0 Å². The summed E-state index contributed by atoms with van der Waals surface area (Å²) in [6, 6.07) is 9.17. The zero-order chi connectivity index (χ0) is 29.6. The van der Waals surface area contributed by atoms with E-state index in [-0.39, 0.29) is 38.2 Å². The van der Waals surface area contributed by atoms with E-state index < -0.39 is 17.9 Å². The first-order valence-electron chi connectivity index (χ1n) is 13.1. The number of rotatable bonds is 14. The minimum absolute atomic E-state index is 0.144. The van der Waals surface area contributed by atoms with Gasteiger partial charge < -0.3 is 18.9 Å². The number of amides is 2. The molecule has 1 aromatic carbocycles. The molecule has 0 radical (unpaired) electrons. The van der Waals surface area contributed by atoms with Crippen LogP contribution < -0.4 is 10.4 Å². The van der Waals surface area contributed by atoms with Gasteiger partial charge in [-0.1, -0.05) is 51.1 Å². The summed E-state index contributed by atoms with van der Waals surface area (Å²) in [6.07, 6.45) is 2.51. The Bertz CT molecular complexity index is 885. The Hall–Kier alpha value is -3.50. The number of carbonyl (C=O) groups excluding carboxylic acids is 4. The van der Waals surface area contributed by atoms with Gasteiger partial charge in [-0.3, -0.25) is 15.0 Å². The average molecular weight is 549 g/mol. The fourth-order valence-electron chi connectivity index (χ4n) is 2.88. The molecule has 1 fully saturated rings. The number of carbonyl (C=O) groups is 4. The highest BCUT2D eigenvalue weighted by atomic mass is 16.6. The molecule has 1 aromatic rings. The number of hydrogen-bond acceptors (Lipinski definition) is 8. The largest absolute Gasteiger partial charge is 0.460 e. The number of nitrogens with one attached hydrogen (secondary N) is 1. The van der Waals surface area contributed by atoms with Crippen molar-refractivity contribution in [3.63, 3.8) is 0 Å². The summed E-state index contributed by atoms with van der Waals surface area (Å²) in [5, 5.41) is 1.35. The summed E-state index contributed by atoms with van der Waals surface area (Å²) in [4.78, 5) is 45.6. The van der Waals surface area contributed by atoms with Crippen LogP contribution in [-0.2, 0) is 38.1 Å². The molecule has 10 heteroatoms. The molecular weight excluding hydrogens is 504 g/mol. The summed E-state index contributed by atoms with van der Waals surface area (Å²) < 4.78 is 19.5. The molecule has 2 rings (SSSR count). The van der Waals surface area contributed by atoms with Gasteiger partial charge in [-0.25, -0.2) is 14.6 Å². The Morgan fingerprint density at radius 1 is 0.846 bits per heavy atom. The predicted molar refractivity (Wildman–Crippen MR) is 150 cm³/mol. The zero-order valence-corrected chi connectivity index (χ0v) is 24.0. The Morgan fingerprint density at radius 2 is 1.36 bits per heavy atom. The van der Waals surface area contributed by atoms with Crippen molar-refractivity contribution in [3.05, 3.63) is 54.6 Å². The maximum atomic E-state index is 12.1. The number of para-hydroxylation sites is 1. The zero-order valence-electron chi connectivity index (χ0n) is 24.0. The minimum Gasteiger partial charge on any atom is -0.460 e. The van der Waals surface area contributed by atoms with E-state index >= 15 is 0 Å². The maximum absolute atomic E-state index is 12.1. The summed E-state index contributed by atoms with van der Waals surface area (Å²) >= 11 is 0. The molecule has 1 N–H and O–H groups in total. The number of hydrogen-bond donors (Lipinski definition) is 1. The van der Waals surface area contributed by atoms with Gasteiger partial charge in [0.25, 0.3) is 11.8 Å². The standard InChI is InChI=1S/C13H16N2O2.C12H18O5.C4H10O/c1-2-3-9-11-12(16)14-15(13(11)17)10-7-5-4-6-8-10;1-9(2)11(13)16-7-5-15-6-8-17-12(14)10(3)4;1-3-5-4-2/h4-8,11H,2-3,9H2,1H3,(H,14,16);1,3,5-8H2,2,4H3;3-4H2,1-2H3. The normalized spacial score (nSPS) is 13.8. The Labute approximate surface area is 232 Å². The minimum atomic E-state index is -0.518. The van der Waals surface area contributed by atoms with E-state index in [2.05, 4.69) is 18.6 Å². The second-order valence-electron chi connectivity index (χ2n) is 8.41. The number of anilines is 1. The van der Waals surface area contributed by atoms with Crippen molar-refractivity contribution in [1.29, 1.82) is 0 Å². The van der Waals surface area contributed by atoms with Gasteiger partial charge in [0.2, 0.25) is 0 Å². The molecule has 1 aliphatic heterocycles. The van der Waals surface area contributed by atoms with Crippen LogP contribution >= 0.6 is 0 Å². The van der Waals surface area contributed by atoms with E-state index in [0.29, 0.717) is 23.3 Å². The quantitative estimate of drug-likeness (QED) is 0.159. The third-order valence-corrected chi connectivity index (χ3v) is 4.94. The van der Waals surface area contributed by atoms with Crippen molar-refractivity contribution < 1.29 is 38.1 Å². The smallest absolute Gasteiger partial charge is 0.333 e. The molecule has 1 unspecified atom stereocenters. The Kier molecular flexibility index (Phi) is 19.5. The summed E-state index contributed by atoms with van der Waals surface area (Å²) in [7, 11) is 0. The van der Waals surface area contributed by atoms with Crippen LogP contribution in [0.15, 0.2) is 54.6 Å². The molecule has 1 atom stereocenters. The van der Waals surface area contributed by atoms with E-state index in [1.54, 1.807) is 26.0 Å². The van der Waals surface area contributed by atoms with E-state index in [1.807, 2.05) is 39.0 Å². The van der Waals surface area contributed by atoms with Crippen molar-refractivity contribution in [1.82, 2.24) is 5.43 Å². The second-order valence-corrected chi connectivity index (χ2v) is 8.41. The lowest BCUT2D eigenvalue weighted by Crippen LogP contribution is -2.35. The number of benzene rings is 1. The first-order chi connectivity index (χ1) is 18.6. The van der Waals surface area contributed by atoms with Crippen molar-refractivity contribution in [2.45, 2.75) is 53.9 Å². The summed E-state index contributed by atoms with van der Waals surface area (Å²) in [5.41, 5.74) is 4.03. The second kappa shape index (κ2) is 21.4. The van der Waals surface area contributed by atoms with Gasteiger partial charge in [0.05, 0.1) is 18.9 Å². The van der Waals surface area contributed by atoms with Gasteiger partial charge in [-0.05, 0) is 46.2 Å². The molecule has 0 spiro atoms. The van der Waals surface area contributed by atoms with Gasteiger partial charge in [-0.2, -0.15) is 0 Å². The highest BCUT2D eigenvalue weighted by molar-refractivity contribution is 6.14. The van der Waals surface area contributed by atoms with E-state index in [9.17, 15) is 19.2 Å². The molecule has 1 saturated heterocycles. The molecule has 218 valence electrons. The van der Waals surface area contributed by atoms with Gasteiger partial charge in [-0.15, -0.1) is 0 Å². The topological polar surface area (TPSA) is 120 Å². The average Bonchev–Trinajstić information content (AvgIpc) is 3.20. The molecule has 0 saturated carbocycles. The van der Waals surface area contributed by atoms with Crippen molar-refractivity contribution in [2.75, 3.05) is 44.7 Å². The van der Waals surface area contributed by atoms with Gasteiger partial charge in [0.15, 0.2) is 0 Å². The van der Waals surface area contributed by atoms with E-state index in [4.69, 9.17) is 18.9 Å². The van der Waals surface area contributed by atoms with Crippen LogP contribution in [-0.4, -0.2) is 63.4 Å². The van der Waals surface area contributed by atoms with Crippen molar-refractivity contribution >= 4 is 29.4 Å². The molecule has 10 nitrogen and oxygen atoms in total. The Morgan fingerprint density at radius 3 is 1.77 bits per heavy atom. The molecule has 0 aromatic heterocycles. The number of unbranched alkanes of at least 4 members (excludes halogenated alkanes) is 1. The van der Waals surface area contributed by atoms with Crippen LogP contribution in [0, 0.1) is 5.92 Å².